The van der Waals surface area contributed by atoms with Gasteiger partial charge in [-0.2, -0.15) is 0 Å². The standard InChI is InChI=1S/C13H15Cl2N3O3/c1-21-13(20)8-2-3-18(6-8)7-11(19)17-12-10(15)4-9(14)5-16-12/h4-5,8H,2-3,6-7H2,1H3,(H,16,17,19). The lowest BCUT2D eigenvalue weighted by atomic mass is 10.1. The first-order valence-corrected chi connectivity index (χ1v) is 7.16. The molecule has 1 fully saturated rings. The number of anilines is 1. The van der Waals surface area contributed by atoms with Crippen LogP contribution in [0.15, 0.2) is 12.3 Å². The minimum Gasteiger partial charge on any atom is -0.469 e. The third-order valence-electron chi connectivity index (χ3n) is 3.24. The van der Waals surface area contributed by atoms with Crippen LogP contribution in [-0.4, -0.2) is 48.5 Å². The van der Waals surface area contributed by atoms with Crippen molar-refractivity contribution in [3.05, 3.63) is 22.3 Å². The van der Waals surface area contributed by atoms with Crippen LogP contribution in [0.2, 0.25) is 10.0 Å². The Morgan fingerprint density at radius 1 is 1.52 bits per heavy atom. The van der Waals surface area contributed by atoms with Crippen LogP contribution in [0, 0.1) is 5.92 Å². The lowest BCUT2D eigenvalue weighted by Gasteiger charge is -2.15. The summed E-state index contributed by atoms with van der Waals surface area (Å²) in [5.41, 5.74) is 0. The van der Waals surface area contributed by atoms with Gasteiger partial charge in [0.1, 0.15) is 0 Å². The number of ether oxygens (including phenoxy) is 1. The number of nitrogens with one attached hydrogen (secondary N) is 1. The van der Waals surface area contributed by atoms with Crippen molar-refractivity contribution in [2.75, 3.05) is 32.1 Å². The normalized spacial score (nSPS) is 18.5. The highest BCUT2D eigenvalue weighted by Crippen LogP contribution is 2.23. The monoisotopic (exact) mass is 331 g/mol. The third kappa shape index (κ3) is 4.30. The molecule has 0 bridgehead atoms. The van der Waals surface area contributed by atoms with Crippen molar-refractivity contribution >= 4 is 40.9 Å². The van der Waals surface area contributed by atoms with Crippen LogP contribution in [0.1, 0.15) is 6.42 Å². The largest absolute Gasteiger partial charge is 0.469 e. The Balaban J connectivity index is 1.87. The summed E-state index contributed by atoms with van der Waals surface area (Å²) in [5.74, 6) is -0.368. The zero-order valence-electron chi connectivity index (χ0n) is 11.4. The highest BCUT2D eigenvalue weighted by Gasteiger charge is 2.29. The van der Waals surface area contributed by atoms with Gasteiger partial charge in [-0.1, -0.05) is 23.2 Å². The number of aromatic nitrogens is 1. The topological polar surface area (TPSA) is 71.5 Å². The van der Waals surface area contributed by atoms with Gasteiger partial charge in [-0.25, -0.2) is 4.98 Å². The summed E-state index contributed by atoms with van der Waals surface area (Å²) in [6.07, 6.45) is 2.10. The first kappa shape index (κ1) is 16.0. The van der Waals surface area contributed by atoms with Crippen molar-refractivity contribution in [2.24, 2.45) is 5.92 Å². The maximum atomic E-state index is 12.0. The number of hydrogen-bond donors (Lipinski definition) is 1. The highest BCUT2D eigenvalue weighted by molar-refractivity contribution is 6.36. The predicted molar refractivity (Wildman–Crippen MR) is 79.4 cm³/mol. The van der Waals surface area contributed by atoms with Gasteiger partial charge in [-0.15, -0.1) is 0 Å². The molecular formula is C13H15Cl2N3O3. The fourth-order valence-electron chi connectivity index (χ4n) is 2.22. The zero-order chi connectivity index (χ0) is 15.4. The Bertz CT molecular complexity index is 553. The van der Waals surface area contributed by atoms with Crippen LogP contribution >= 0.6 is 23.2 Å². The molecule has 0 saturated carbocycles. The second-order valence-corrected chi connectivity index (χ2v) is 5.62. The summed E-state index contributed by atoms with van der Waals surface area (Å²) in [7, 11) is 1.37. The van der Waals surface area contributed by atoms with Crippen LogP contribution in [0.4, 0.5) is 5.82 Å². The Morgan fingerprint density at radius 3 is 2.95 bits per heavy atom. The number of amides is 1. The van der Waals surface area contributed by atoms with Crippen LogP contribution < -0.4 is 5.32 Å². The Hall–Kier alpha value is -1.37. The van der Waals surface area contributed by atoms with E-state index in [0.717, 1.165) is 0 Å². The molecule has 1 unspecified atom stereocenters. The summed E-state index contributed by atoms with van der Waals surface area (Å²) >= 11 is 11.7. The van der Waals surface area contributed by atoms with Crippen molar-refractivity contribution in [1.82, 2.24) is 9.88 Å². The van der Waals surface area contributed by atoms with Crippen LogP contribution in [-0.2, 0) is 14.3 Å². The molecule has 1 aromatic heterocycles. The molecule has 0 aliphatic carbocycles. The number of nitrogens with zero attached hydrogens (tertiary/aromatic N) is 2. The molecule has 21 heavy (non-hydrogen) atoms. The van der Waals surface area contributed by atoms with Crippen LogP contribution in [0.5, 0.6) is 0 Å². The van der Waals surface area contributed by atoms with Gasteiger partial charge in [-0.05, 0) is 19.0 Å². The number of likely N-dealkylation sites (tertiary alicyclic amines) is 1. The maximum Gasteiger partial charge on any atom is 0.310 e. The lowest BCUT2D eigenvalue weighted by Crippen LogP contribution is -2.32. The van der Waals surface area contributed by atoms with E-state index in [1.807, 2.05) is 4.90 Å². The average molecular weight is 332 g/mol. The summed E-state index contributed by atoms with van der Waals surface area (Å²) in [5, 5.41) is 3.31. The van der Waals surface area contributed by atoms with Gasteiger partial charge < -0.3 is 10.1 Å². The SMILES string of the molecule is COC(=O)C1CCN(CC(=O)Nc2ncc(Cl)cc2Cl)C1. The van der Waals surface area contributed by atoms with Crippen molar-refractivity contribution in [2.45, 2.75) is 6.42 Å². The molecule has 1 saturated heterocycles. The smallest absolute Gasteiger partial charge is 0.310 e. The summed E-state index contributed by atoms with van der Waals surface area (Å²) < 4.78 is 4.70. The molecular weight excluding hydrogens is 317 g/mol. The zero-order valence-corrected chi connectivity index (χ0v) is 12.9. The molecule has 0 aromatic carbocycles. The van der Waals surface area contributed by atoms with Gasteiger partial charge in [-0.3, -0.25) is 14.5 Å². The number of halogens is 2. The van der Waals surface area contributed by atoms with E-state index in [9.17, 15) is 9.59 Å². The molecule has 1 amide bonds. The van der Waals surface area contributed by atoms with E-state index in [0.29, 0.717) is 24.5 Å². The summed E-state index contributed by atoms with van der Waals surface area (Å²) in [6.45, 7) is 1.37. The molecule has 1 aliphatic heterocycles. The Kier molecular flexibility index (Phi) is 5.39. The molecule has 1 aliphatic rings. The highest BCUT2D eigenvalue weighted by atomic mass is 35.5. The van der Waals surface area contributed by atoms with Crippen LogP contribution in [0.25, 0.3) is 0 Å². The number of rotatable bonds is 4. The molecule has 2 rings (SSSR count). The first-order valence-electron chi connectivity index (χ1n) is 6.40. The summed E-state index contributed by atoms with van der Waals surface area (Å²) in [4.78, 5) is 29.2. The predicted octanol–water partition coefficient (Wildman–Crippen LogP) is 1.82. The van der Waals surface area contributed by atoms with E-state index in [2.05, 4.69) is 10.3 Å². The molecule has 2 heterocycles. The minimum atomic E-state index is -0.239. The Morgan fingerprint density at radius 2 is 2.29 bits per heavy atom. The van der Waals surface area contributed by atoms with Gasteiger partial charge in [0.25, 0.3) is 0 Å². The third-order valence-corrected chi connectivity index (χ3v) is 3.73. The van der Waals surface area contributed by atoms with E-state index >= 15 is 0 Å². The van der Waals surface area contributed by atoms with E-state index in [1.54, 1.807) is 0 Å². The molecule has 114 valence electrons. The quantitative estimate of drug-likeness (QED) is 0.852. The fourth-order valence-corrected chi connectivity index (χ4v) is 2.64. The van der Waals surface area contributed by atoms with Gasteiger partial charge in [0.2, 0.25) is 5.91 Å². The molecule has 0 radical (unpaired) electrons. The number of hydrogen-bond acceptors (Lipinski definition) is 5. The van der Waals surface area contributed by atoms with Gasteiger partial charge in [0, 0.05) is 12.7 Å². The second kappa shape index (κ2) is 7.06. The van der Waals surface area contributed by atoms with Gasteiger partial charge in [0.05, 0.1) is 29.6 Å². The molecule has 1 aromatic rings. The van der Waals surface area contributed by atoms with Crippen molar-refractivity contribution in [3.63, 3.8) is 0 Å². The van der Waals surface area contributed by atoms with E-state index in [4.69, 9.17) is 27.9 Å². The van der Waals surface area contributed by atoms with E-state index in [-0.39, 0.29) is 35.2 Å². The molecule has 1 N–H and O–H groups in total. The van der Waals surface area contributed by atoms with Gasteiger partial charge in [0.15, 0.2) is 5.82 Å². The second-order valence-electron chi connectivity index (χ2n) is 4.78. The first-order chi connectivity index (χ1) is 9.99. The molecule has 8 heteroatoms. The number of esters is 1. The van der Waals surface area contributed by atoms with E-state index in [1.165, 1.54) is 19.4 Å². The van der Waals surface area contributed by atoms with Gasteiger partial charge >= 0.3 is 5.97 Å². The molecule has 1 atom stereocenters. The number of pyridine rings is 1. The van der Waals surface area contributed by atoms with Crippen molar-refractivity contribution in [1.29, 1.82) is 0 Å². The lowest BCUT2D eigenvalue weighted by molar-refractivity contribution is -0.145. The fraction of sp³-hybridized carbons (Fsp3) is 0.462. The van der Waals surface area contributed by atoms with Crippen molar-refractivity contribution < 1.29 is 14.3 Å². The Labute approximate surface area is 132 Å². The minimum absolute atomic E-state index is 0.167. The maximum absolute atomic E-state index is 12.0. The molecule has 0 spiro atoms. The number of carbonyl (C=O) groups is 2. The summed E-state index contributed by atoms with van der Waals surface area (Å²) in [6, 6.07) is 1.51. The molecule has 6 nitrogen and oxygen atoms in total. The number of carbonyl (C=O) groups excluding carboxylic acids is 2. The number of methoxy groups -OCH3 is 1. The van der Waals surface area contributed by atoms with Crippen LogP contribution in [0.3, 0.4) is 0 Å². The average Bonchev–Trinajstić information content (AvgIpc) is 2.89. The van der Waals surface area contributed by atoms with Crippen molar-refractivity contribution in [3.8, 4) is 0 Å². The van der Waals surface area contributed by atoms with E-state index < -0.39 is 0 Å².